The highest BCUT2D eigenvalue weighted by molar-refractivity contribution is 7.92. The van der Waals surface area contributed by atoms with E-state index in [0.717, 1.165) is 119 Å². The minimum atomic E-state index is -3.38. The van der Waals surface area contributed by atoms with E-state index in [9.17, 15) is 25.3 Å². The number of rotatable bonds is 17. The van der Waals surface area contributed by atoms with Crippen LogP contribution in [0.4, 0.5) is 17.1 Å². The summed E-state index contributed by atoms with van der Waals surface area (Å²) in [5.41, 5.74) is 14.8. The molecule has 0 bridgehead atoms. The Hall–Kier alpha value is -10.3. The van der Waals surface area contributed by atoms with Gasteiger partial charge in [0, 0.05) is 16.7 Å². The van der Waals surface area contributed by atoms with Crippen molar-refractivity contribution < 1.29 is 30.0 Å². The van der Waals surface area contributed by atoms with Crippen molar-refractivity contribution in [3.8, 4) is 39.1 Å². The van der Waals surface area contributed by atoms with Crippen LogP contribution in [0.15, 0.2) is 212 Å². The van der Waals surface area contributed by atoms with Crippen LogP contribution in [0.1, 0.15) is 41.1 Å². The molecule has 0 radical (unpaired) electrons. The fourth-order valence-electron chi connectivity index (χ4n) is 10.2. The lowest BCUT2D eigenvalue weighted by molar-refractivity contribution is 0.340. The third kappa shape index (κ3) is 17.2. The van der Waals surface area contributed by atoms with E-state index < -0.39 is 30.1 Å². The largest absolute Gasteiger partial charge is 0.494 e. The average molecular weight is 1330 g/mol. The molecule has 13 aromatic rings. The second kappa shape index (κ2) is 28.1. The van der Waals surface area contributed by atoms with Crippen molar-refractivity contribution in [3.63, 3.8) is 0 Å². The van der Waals surface area contributed by atoms with Gasteiger partial charge >= 0.3 is 0 Å². The quantitative estimate of drug-likeness (QED) is 0.0504. The van der Waals surface area contributed by atoms with Crippen LogP contribution in [0.2, 0.25) is 10.0 Å². The number of hydrogen-bond acceptors (Lipinski definition) is 10. The average Bonchev–Trinajstić information content (AvgIpc) is 1.90. The number of halogens is 2. The molecule has 0 amide bonds. The minimum absolute atomic E-state index is 0.495. The number of aromatic amines is 3. The number of fused-ring (bicyclic) bond motifs is 4. The SMILES string of the molecule is CCOc1ccc(/C=C/c2nc3ccc(-c4ccccc4NS(C)(=O)=O)cc3[nH]2)cc1.CS(=O)(=O)Nc1ccccc1-c1ccc2nc(/C=C/c3ccc(Cl)c(Cl)c3)[nH]c2c1.CS(=O)(=O)Nc1ccccc1-c1ccc2nc(/C=C/c3ccc4ccccc4c3)[nH]c2c1. The van der Waals surface area contributed by atoms with Gasteiger partial charge in [-0.3, -0.25) is 14.2 Å². The predicted molar refractivity (Wildman–Crippen MR) is 385 cm³/mol. The molecule has 16 nitrogen and oxygen atoms in total. The van der Waals surface area contributed by atoms with Crippen molar-refractivity contribution >= 4 is 151 Å². The highest BCUT2D eigenvalue weighted by Crippen LogP contribution is 2.34. The molecule has 6 N–H and O–H groups in total. The maximum absolute atomic E-state index is 11.7. The van der Waals surface area contributed by atoms with Crippen LogP contribution in [0.25, 0.3) is 114 Å². The van der Waals surface area contributed by atoms with Crippen LogP contribution < -0.4 is 18.9 Å². The summed E-state index contributed by atoms with van der Waals surface area (Å²) in [6.45, 7) is 2.60. The first-order valence-electron chi connectivity index (χ1n) is 29.1. The van der Waals surface area contributed by atoms with Gasteiger partial charge in [0.2, 0.25) is 30.1 Å². The van der Waals surface area contributed by atoms with Crippen molar-refractivity contribution in [2.45, 2.75) is 6.92 Å². The molecule has 21 heteroatoms. The number of ether oxygens (including phenoxy) is 1. The third-order valence-electron chi connectivity index (χ3n) is 14.3. The Balaban J connectivity index is 0.000000143. The summed E-state index contributed by atoms with van der Waals surface area (Å²) in [5, 5.41) is 3.42. The van der Waals surface area contributed by atoms with Gasteiger partial charge in [0.1, 0.15) is 23.2 Å². The molecule has 0 atom stereocenters. The summed E-state index contributed by atoms with van der Waals surface area (Å²) < 4.78 is 83.4. The number of nitrogens with zero attached hydrogens (tertiary/aromatic N) is 3. The Morgan fingerprint density at radius 3 is 1.16 bits per heavy atom. The number of para-hydroxylation sites is 3. The normalized spacial score (nSPS) is 11.9. The fourth-order valence-corrected chi connectivity index (χ4v) is 12.2. The van der Waals surface area contributed by atoms with Gasteiger partial charge in [-0.2, -0.15) is 0 Å². The Bertz CT molecular complexity index is 5360. The first kappa shape index (κ1) is 64.3. The lowest BCUT2D eigenvalue weighted by atomic mass is 10.0. The van der Waals surface area contributed by atoms with Crippen molar-refractivity contribution in [2.24, 2.45) is 0 Å². The van der Waals surface area contributed by atoms with Gasteiger partial charge in [-0.25, -0.2) is 40.2 Å². The molecule has 0 spiro atoms. The lowest BCUT2D eigenvalue weighted by Gasteiger charge is -2.10. The number of anilines is 3. The van der Waals surface area contributed by atoms with Crippen LogP contribution in [-0.2, 0) is 30.1 Å². The molecule has 93 heavy (non-hydrogen) atoms. The zero-order valence-electron chi connectivity index (χ0n) is 50.6. The summed E-state index contributed by atoms with van der Waals surface area (Å²) in [7, 11) is -10.1. The number of aromatic nitrogens is 6. The molecule has 3 heterocycles. The Morgan fingerprint density at radius 1 is 0.387 bits per heavy atom. The lowest BCUT2D eigenvalue weighted by Crippen LogP contribution is -2.10. The Kier molecular flexibility index (Phi) is 19.4. The highest BCUT2D eigenvalue weighted by Gasteiger charge is 2.15. The molecular weight excluding hydrogens is 1270 g/mol. The van der Waals surface area contributed by atoms with Crippen molar-refractivity contribution in [1.82, 2.24) is 29.9 Å². The molecule has 468 valence electrons. The van der Waals surface area contributed by atoms with Crippen molar-refractivity contribution in [3.05, 3.63) is 257 Å². The molecule has 3 aromatic heterocycles. The van der Waals surface area contributed by atoms with Gasteiger partial charge in [-0.1, -0.05) is 169 Å². The molecule has 10 aromatic carbocycles. The second-order valence-electron chi connectivity index (χ2n) is 21.6. The van der Waals surface area contributed by atoms with Crippen LogP contribution >= 0.6 is 23.2 Å². The predicted octanol–water partition coefficient (Wildman–Crippen LogP) is 17.2. The van der Waals surface area contributed by atoms with E-state index in [2.05, 4.69) is 74.4 Å². The van der Waals surface area contributed by atoms with E-state index in [4.69, 9.17) is 27.9 Å². The smallest absolute Gasteiger partial charge is 0.229 e. The zero-order chi connectivity index (χ0) is 65.3. The monoisotopic (exact) mass is 1330 g/mol. The number of nitrogens with one attached hydrogen (secondary N) is 6. The third-order valence-corrected chi connectivity index (χ3v) is 16.8. The molecule has 0 aliphatic carbocycles. The van der Waals surface area contributed by atoms with Crippen LogP contribution in [0, 0.1) is 0 Å². The molecule has 0 unspecified atom stereocenters. The van der Waals surface area contributed by atoms with Crippen LogP contribution in [-0.4, -0.2) is 80.5 Å². The molecule has 0 aliphatic heterocycles. The molecule has 0 saturated heterocycles. The van der Waals surface area contributed by atoms with E-state index in [-0.39, 0.29) is 0 Å². The zero-order valence-corrected chi connectivity index (χ0v) is 54.5. The first-order valence-corrected chi connectivity index (χ1v) is 35.5. The highest BCUT2D eigenvalue weighted by atomic mass is 35.5. The summed E-state index contributed by atoms with van der Waals surface area (Å²) >= 11 is 12.0. The first-order chi connectivity index (χ1) is 44.6. The van der Waals surface area contributed by atoms with E-state index in [0.29, 0.717) is 39.5 Å². The number of H-pyrrole nitrogens is 3. The van der Waals surface area contributed by atoms with Crippen LogP contribution in [0.5, 0.6) is 5.75 Å². The van der Waals surface area contributed by atoms with E-state index in [1.165, 1.54) is 10.8 Å². The van der Waals surface area contributed by atoms with Gasteiger partial charge in [0.15, 0.2) is 0 Å². The summed E-state index contributed by atoms with van der Waals surface area (Å²) in [6.07, 6.45) is 15.1. The fraction of sp³-hybridized carbons (Fsp3) is 0.0694. The van der Waals surface area contributed by atoms with E-state index in [1.54, 1.807) is 48.5 Å². The molecule has 0 fully saturated rings. The number of benzene rings is 10. The molecule has 0 aliphatic rings. The Morgan fingerprint density at radius 2 is 0.753 bits per heavy atom. The molecule has 13 rings (SSSR count). The van der Waals surface area contributed by atoms with Crippen LogP contribution in [0.3, 0.4) is 0 Å². The minimum Gasteiger partial charge on any atom is -0.494 e. The van der Waals surface area contributed by atoms with Crippen molar-refractivity contribution in [2.75, 3.05) is 39.5 Å². The van der Waals surface area contributed by atoms with Gasteiger partial charge in [-0.05, 0) is 154 Å². The number of sulfonamides is 3. The Labute approximate surface area is 549 Å². The van der Waals surface area contributed by atoms with E-state index >= 15 is 0 Å². The summed E-state index contributed by atoms with van der Waals surface area (Å²) in [6, 6.07) is 67.3. The van der Waals surface area contributed by atoms with Gasteiger partial charge < -0.3 is 19.7 Å². The topological polar surface area (TPSA) is 234 Å². The molecular formula is C72H61Cl2N9O7S3. The maximum atomic E-state index is 11.7. The maximum Gasteiger partial charge on any atom is 0.229 e. The van der Waals surface area contributed by atoms with Gasteiger partial charge in [0.05, 0.1) is 85.6 Å². The van der Waals surface area contributed by atoms with Gasteiger partial charge in [0.25, 0.3) is 0 Å². The number of hydrogen-bond donors (Lipinski definition) is 6. The standard InChI is InChI=1S/C26H21N3O2S.C24H23N3O3S.C22H17Cl2N3O2S/c1-32(30,31)29-23-9-5-4-8-22(23)21-13-14-24-25(17-21)28-26(27-24)15-11-18-10-12-19-6-2-3-7-20(19)16-18;1-3-30-19-12-8-17(9-13-19)10-15-24-25-22-14-11-18(16-23(22)26-24)20-6-4-5-7-21(20)27-31(2,28)29;1-30(28,29)27-19-5-3-2-4-16(19)15-8-10-20-21(13-15)26-22(25-20)11-7-14-6-9-17(23)18(24)12-14/h2-17,29H,1H3,(H,27,28);4-16,27H,3H2,1-2H3,(H,25,26);2-13,27H,1H3,(H,25,26)/b15-11+;15-10+;11-7+. The summed E-state index contributed by atoms with van der Waals surface area (Å²) in [5.74, 6) is 3.04. The van der Waals surface area contributed by atoms with E-state index in [1.807, 2.05) is 177 Å². The number of imidazole rings is 3. The van der Waals surface area contributed by atoms with Crippen molar-refractivity contribution in [1.29, 1.82) is 0 Å². The van der Waals surface area contributed by atoms with Gasteiger partial charge in [-0.15, -0.1) is 0 Å². The summed E-state index contributed by atoms with van der Waals surface area (Å²) in [4.78, 5) is 23.8. The molecule has 0 saturated carbocycles. The second-order valence-corrected chi connectivity index (χ2v) is 27.7.